The van der Waals surface area contributed by atoms with Gasteiger partial charge in [0.25, 0.3) is 0 Å². The zero-order chi connectivity index (χ0) is 25.8. The third-order valence-corrected chi connectivity index (χ3v) is 6.72. The molecule has 1 fully saturated rings. The van der Waals surface area contributed by atoms with Gasteiger partial charge in [-0.3, -0.25) is 4.79 Å². The number of hydrogen-bond donors (Lipinski definition) is 2. The van der Waals surface area contributed by atoms with Crippen LogP contribution in [0.25, 0.3) is 11.3 Å². The number of carbonyl (C=O) groups excluding carboxylic acids is 1. The number of carbonyl (C=O) groups is 1. The summed E-state index contributed by atoms with van der Waals surface area (Å²) in [5, 5.41) is 14.5. The van der Waals surface area contributed by atoms with Crippen molar-refractivity contribution in [2.24, 2.45) is 5.41 Å². The van der Waals surface area contributed by atoms with Gasteiger partial charge < -0.3 is 24.6 Å². The molecule has 1 amide bonds. The summed E-state index contributed by atoms with van der Waals surface area (Å²) in [5.41, 5.74) is 1.67. The van der Waals surface area contributed by atoms with Crippen molar-refractivity contribution in [3.05, 3.63) is 78.2 Å². The molecule has 7 nitrogen and oxygen atoms in total. The molecule has 0 aliphatic carbocycles. The van der Waals surface area contributed by atoms with Crippen molar-refractivity contribution in [3.8, 4) is 11.3 Å². The fourth-order valence-electron chi connectivity index (χ4n) is 5.01. The van der Waals surface area contributed by atoms with E-state index in [1.54, 1.807) is 4.90 Å². The Bertz CT molecular complexity index is 1130. The van der Waals surface area contributed by atoms with E-state index in [-0.39, 0.29) is 30.5 Å². The van der Waals surface area contributed by atoms with Crippen molar-refractivity contribution in [2.75, 3.05) is 33.4 Å². The van der Waals surface area contributed by atoms with Crippen molar-refractivity contribution in [1.82, 2.24) is 19.8 Å². The summed E-state index contributed by atoms with van der Waals surface area (Å²) < 4.78 is 7.42. The Morgan fingerprint density at radius 2 is 1.83 bits per heavy atom. The van der Waals surface area contributed by atoms with Crippen molar-refractivity contribution in [3.63, 3.8) is 0 Å². The molecule has 2 heterocycles. The van der Waals surface area contributed by atoms with Crippen LogP contribution in [0.2, 0.25) is 0 Å². The molecule has 1 aliphatic rings. The second-order valence-electron chi connectivity index (χ2n) is 10.8. The van der Waals surface area contributed by atoms with Gasteiger partial charge in [-0.1, -0.05) is 81.4 Å². The van der Waals surface area contributed by atoms with Crippen LogP contribution in [0, 0.1) is 5.41 Å². The summed E-state index contributed by atoms with van der Waals surface area (Å²) in [7, 11) is 1.53. The highest BCUT2D eigenvalue weighted by Gasteiger charge is 2.43. The number of nitrogens with zero attached hydrogens (tertiary/aromatic N) is 3. The predicted octanol–water partition coefficient (Wildman–Crippen LogP) is 3.89. The lowest BCUT2D eigenvalue weighted by atomic mass is 9.83. The van der Waals surface area contributed by atoms with Crippen molar-refractivity contribution in [2.45, 2.75) is 45.4 Å². The van der Waals surface area contributed by atoms with Crippen LogP contribution in [-0.4, -0.2) is 64.4 Å². The molecule has 1 saturated heterocycles. The van der Waals surface area contributed by atoms with Crippen molar-refractivity contribution >= 4 is 5.91 Å². The van der Waals surface area contributed by atoms with Gasteiger partial charge in [-0.05, 0) is 23.9 Å². The van der Waals surface area contributed by atoms with E-state index in [1.807, 2.05) is 48.5 Å². The Morgan fingerprint density at radius 3 is 2.42 bits per heavy atom. The summed E-state index contributed by atoms with van der Waals surface area (Å²) >= 11 is 0. The molecule has 2 atom stereocenters. The van der Waals surface area contributed by atoms with E-state index < -0.39 is 5.60 Å². The van der Waals surface area contributed by atoms with Gasteiger partial charge in [0.2, 0.25) is 5.91 Å². The fraction of sp³-hybridized carbons (Fsp3) is 0.448. The number of rotatable bonds is 9. The van der Waals surface area contributed by atoms with E-state index in [9.17, 15) is 9.90 Å². The number of aromatic nitrogens is 2. The molecule has 0 bridgehead atoms. The molecular weight excluding hydrogens is 452 g/mol. The highest BCUT2D eigenvalue weighted by molar-refractivity contribution is 5.78. The maximum absolute atomic E-state index is 13.5. The van der Waals surface area contributed by atoms with Gasteiger partial charge in [0, 0.05) is 32.0 Å². The quantitative estimate of drug-likeness (QED) is 0.476. The van der Waals surface area contributed by atoms with Crippen LogP contribution in [0.5, 0.6) is 0 Å². The number of benzene rings is 2. The summed E-state index contributed by atoms with van der Waals surface area (Å²) in [6, 6.07) is 20.0. The first-order chi connectivity index (χ1) is 17.2. The average molecular weight is 491 g/mol. The molecule has 1 aliphatic heterocycles. The summed E-state index contributed by atoms with van der Waals surface area (Å²) in [4.78, 5) is 20.4. The first-order valence-corrected chi connectivity index (χ1v) is 12.6. The number of hydrogen-bond acceptors (Lipinski definition) is 5. The smallest absolute Gasteiger partial charge is 0.249 e. The zero-order valence-electron chi connectivity index (χ0n) is 21.8. The van der Waals surface area contributed by atoms with Crippen molar-refractivity contribution in [1.29, 1.82) is 0 Å². The summed E-state index contributed by atoms with van der Waals surface area (Å²) in [6.07, 6.45) is 2.66. The molecule has 7 heteroatoms. The Labute approximate surface area is 214 Å². The number of aliphatic hydroxyl groups is 1. The predicted molar refractivity (Wildman–Crippen MR) is 141 cm³/mol. The fourth-order valence-corrected chi connectivity index (χ4v) is 5.01. The molecule has 0 spiro atoms. The van der Waals surface area contributed by atoms with Crippen molar-refractivity contribution < 1.29 is 14.6 Å². The maximum atomic E-state index is 13.5. The van der Waals surface area contributed by atoms with Crippen LogP contribution in [0.3, 0.4) is 0 Å². The Hall–Kier alpha value is -3.00. The minimum absolute atomic E-state index is 0.0545. The molecule has 3 aromatic rings. The maximum Gasteiger partial charge on any atom is 0.249 e. The second-order valence-corrected chi connectivity index (χ2v) is 10.8. The molecule has 4 rings (SSSR count). The average Bonchev–Trinajstić information content (AvgIpc) is 3.46. The molecule has 0 saturated carbocycles. The van der Waals surface area contributed by atoms with E-state index in [1.165, 1.54) is 7.11 Å². The van der Waals surface area contributed by atoms with Crippen LogP contribution in [0.15, 0.2) is 66.9 Å². The number of methoxy groups -OCH3 is 1. The van der Waals surface area contributed by atoms with Crippen LogP contribution >= 0.6 is 0 Å². The minimum Gasteiger partial charge on any atom is -0.387 e. The van der Waals surface area contributed by atoms with Crippen LogP contribution in [0.1, 0.15) is 44.6 Å². The minimum atomic E-state index is -0.994. The number of nitrogens with one attached hydrogen (secondary N) is 1. The first kappa shape index (κ1) is 26.1. The monoisotopic (exact) mass is 490 g/mol. The van der Waals surface area contributed by atoms with E-state index in [4.69, 9.17) is 9.72 Å². The van der Waals surface area contributed by atoms with Gasteiger partial charge in [-0.25, -0.2) is 4.98 Å². The highest BCUT2D eigenvalue weighted by Crippen LogP contribution is 2.40. The van der Waals surface area contributed by atoms with E-state index in [0.29, 0.717) is 19.5 Å². The van der Waals surface area contributed by atoms with Gasteiger partial charge in [-0.2, -0.15) is 0 Å². The highest BCUT2D eigenvalue weighted by atomic mass is 16.5. The summed E-state index contributed by atoms with van der Waals surface area (Å²) in [5.74, 6) is 0.637. The van der Waals surface area contributed by atoms with Gasteiger partial charge in [0.1, 0.15) is 12.4 Å². The molecule has 0 radical (unpaired) electrons. The van der Waals surface area contributed by atoms with Crippen LogP contribution in [0.4, 0.5) is 0 Å². The number of imidazole rings is 1. The topological polar surface area (TPSA) is 79.6 Å². The SMILES string of the molecule is COCC(=O)N(CC1(O)CCNC1)C(c1nc(-c2ccccc2)cn1Cc1ccccc1)C(C)(C)C. The molecular formula is C29H38N4O3. The molecule has 2 N–H and O–H groups in total. The van der Waals surface area contributed by atoms with Crippen LogP contribution in [-0.2, 0) is 16.1 Å². The Balaban J connectivity index is 1.84. The van der Waals surface area contributed by atoms with Gasteiger partial charge in [0.05, 0.1) is 23.9 Å². The standard InChI is InChI=1S/C29H38N4O3/c1-28(2,3)26(33(25(34)19-36-4)21-29(35)15-16-30-20-29)27-31-24(23-13-9-6-10-14-23)18-32(27)17-22-11-7-5-8-12-22/h5-14,18,26,30,35H,15-17,19-21H2,1-4H3. The van der Waals surface area contributed by atoms with Gasteiger partial charge >= 0.3 is 0 Å². The van der Waals surface area contributed by atoms with Gasteiger partial charge in [-0.15, -0.1) is 0 Å². The van der Waals surface area contributed by atoms with E-state index in [0.717, 1.165) is 29.2 Å². The number of amides is 1. The molecule has 2 unspecified atom stereocenters. The molecule has 192 valence electrons. The number of β-amino-alcohol motifs (C(OH)–C–C–N with tert-alkyl or cyclic N) is 1. The summed E-state index contributed by atoms with van der Waals surface area (Å²) in [6.45, 7) is 8.31. The van der Waals surface area contributed by atoms with E-state index in [2.05, 4.69) is 49.0 Å². The van der Waals surface area contributed by atoms with E-state index >= 15 is 0 Å². The second kappa shape index (κ2) is 10.9. The molecule has 1 aromatic heterocycles. The normalized spacial score (nSPS) is 18.8. The lowest BCUT2D eigenvalue weighted by Gasteiger charge is -2.42. The first-order valence-electron chi connectivity index (χ1n) is 12.6. The Kier molecular flexibility index (Phi) is 7.93. The zero-order valence-corrected chi connectivity index (χ0v) is 21.8. The third kappa shape index (κ3) is 6.03. The molecule has 36 heavy (non-hydrogen) atoms. The Morgan fingerprint density at radius 1 is 1.17 bits per heavy atom. The third-order valence-electron chi connectivity index (χ3n) is 6.72. The molecule has 2 aromatic carbocycles. The largest absolute Gasteiger partial charge is 0.387 e. The van der Waals surface area contributed by atoms with Gasteiger partial charge in [0.15, 0.2) is 0 Å². The van der Waals surface area contributed by atoms with Crippen LogP contribution < -0.4 is 5.32 Å². The lowest BCUT2D eigenvalue weighted by Crippen LogP contribution is -2.52. The lowest BCUT2D eigenvalue weighted by molar-refractivity contribution is -0.145. The number of ether oxygens (including phenoxy) is 1.